The second-order valence-corrected chi connectivity index (χ2v) is 6.59. The maximum absolute atomic E-state index is 10.0. The van der Waals surface area contributed by atoms with Crippen molar-refractivity contribution < 1.29 is 14.4 Å². The average Bonchev–Trinajstić information content (AvgIpc) is 2.92. The molecule has 2 aliphatic heterocycles. The second kappa shape index (κ2) is 6.42. The molecule has 6 nitrogen and oxygen atoms in total. The molecule has 0 bridgehead atoms. The number of rotatable bonds is 1. The molecule has 0 radical (unpaired) electrons. The van der Waals surface area contributed by atoms with Gasteiger partial charge in [0, 0.05) is 5.22 Å². The van der Waals surface area contributed by atoms with Crippen LogP contribution in [0.1, 0.15) is 11.3 Å². The van der Waals surface area contributed by atoms with Crippen LogP contribution in [0.15, 0.2) is 28.8 Å². The summed E-state index contributed by atoms with van der Waals surface area (Å²) in [5.41, 5.74) is 2.66. The Labute approximate surface area is 149 Å². The molecule has 0 unspecified atom stereocenters. The van der Waals surface area contributed by atoms with Gasteiger partial charge in [-0.25, -0.2) is 0 Å². The van der Waals surface area contributed by atoms with Crippen molar-refractivity contribution in [1.82, 2.24) is 9.97 Å². The molecule has 1 aromatic heterocycles. The van der Waals surface area contributed by atoms with Gasteiger partial charge in [0.2, 0.25) is 5.88 Å². The highest BCUT2D eigenvalue weighted by Gasteiger charge is 2.24. The number of amidine groups is 1. The first-order chi connectivity index (χ1) is 12.1. The van der Waals surface area contributed by atoms with Crippen LogP contribution in [-0.4, -0.2) is 51.8 Å². The van der Waals surface area contributed by atoms with Gasteiger partial charge in [-0.05, 0) is 48.4 Å². The van der Waals surface area contributed by atoms with E-state index in [4.69, 9.17) is 21.9 Å². The van der Waals surface area contributed by atoms with E-state index >= 15 is 0 Å². The van der Waals surface area contributed by atoms with Gasteiger partial charge in [0.1, 0.15) is 18.8 Å². The number of hydrogen-bond acceptors (Lipinski definition) is 3. The highest BCUT2D eigenvalue weighted by molar-refractivity contribution is 7.71. The molecular weight excluding hydrogens is 336 g/mol. The molecule has 0 atom stereocenters. The number of nitrogens with zero attached hydrogens (tertiary/aromatic N) is 2. The maximum Gasteiger partial charge on any atom is 0.326 e. The lowest BCUT2D eigenvalue weighted by molar-refractivity contribution is -0.549. The summed E-state index contributed by atoms with van der Waals surface area (Å²) in [6, 6.07) is 6.22. The van der Waals surface area contributed by atoms with Crippen LogP contribution in [0.25, 0.3) is 12.2 Å². The van der Waals surface area contributed by atoms with Crippen LogP contribution in [0.2, 0.25) is 0 Å². The van der Waals surface area contributed by atoms with Crippen LogP contribution in [0, 0.1) is 11.7 Å². The molecule has 25 heavy (non-hydrogen) atoms. The van der Waals surface area contributed by atoms with Gasteiger partial charge in [-0.1, -0.05) is 11.6 Å². The normalized spacial score (nSPS) is 18.7. The Bertz CT molecular complexity index is 1070. The molecule has 7 heteroatoms. The molecule has 1 saturated heterocycles. The van der Waals surface area contributed by atoms with Crippen molar-refractivity contribution in [2.24, 2.45) is 4.99 Å². The van der Waals surface area contributed by atoms with E-state index in [2.05, 4.69) is 39.7 Å². The summed E-state index contributed by atoms with van der Waals surface area (Å²) < 4.78 is 8.07. The minimum absolute atomic E-state index is 0.0299. The molecule has 3 N–H and O–H groups in total. The number of aromatic amines is 2. The number of ether oxygens (including phenoxy) is 1. The third kappa shape index (κ3) is 3.20. The Kier molecular flexibility index (Phi) is 4.10. The lowest BCUT2D eigenvalue weighted by atomic mass is 10.1. The predicted molar refractivity (Wildman–Crippen MR) is 97.9 cm³/mol. The number of morpholine rings is 1. The number of benzene rings is 1. The number of aromatic hydroxyl groups is 1. The fourth-order valence-electron chi connectivity index (χ4n) is 3.08. The third-order valence-corrected chi connectivity index (χ3v) is 4.53. The fourth-order valence-corrected chi connectivity index (χ4v) is 3.29. The third-order valence-electron chi connectivity index (χ3n) is 4.32. The summed E-state index contributed by atoms with van der Waals surface area (Å²) in [7, 11) is 0. The molecular formula is C18H19N4O2S+. The van der Waals surface area contributed by atoms with E-state index in [0.29, 0.717) is 23.7 Å². The molecule has 1 aromatic carbocycles. The zero-order valence-corrected chi connectivity index (χ0v) is 14.7. The average molecular weight is 355 g/mol. The molecule has 0 aliphatic carbocycles. The van der Waals surface area contributed by atoms with Gasteiger partial charge in [-0.2, -0.15) is 0 Å². The summed E-state index contributed by atoms with van der Waals surface area (Å²) in [5, 5.41) is 12.0. The summed E-state index contributed by atoms with van der Waals surface area (Å²) in [4.78, 5) is 10.5. The Morgan fingerprint density at radius 3 is 2.80 bits per heavy atom. The molecule has 128 valence electrons. The van der Waals surface area contributed by atoms with Crippen molar-refractivity contribution in [3.05, 3.63) is 50.4 Å². The van der Waals surface area contributed by atoms with Gasteiger partial charge in [-0.15, -0.1) is 0 Å². The highest BCUT2D eigenvalue weighted by Crippen LogP contribution is 2.18. The van der Waals surface area contributed by atoms with E-state index < -0.39 is 0 Å². The number of aromatic nitrogens is 2. The summed E-state index contributed by atoms with van der Waals surface area (Å²) in [6.07, 6.45) is 3.98. The SMILES string of the molecule is Cc1ccc2c(c1)=C/C(=C\c1[nH]c(=S)[nH]c1O)C(=[N+]1CCOCC1)N=2. The topological polar surface area (TPSA) is 76.4 Å². The first-order valence-electron chi connectivity index (χ1n) is 8.20. The minimum Gasteiger partial charge on any atom is -0.493 e. The van der Waals surface area contributed by atoms with Crippen LogP contribution < -0.4 is 10.6 Å². The van der Waals surface area contributed by atoms with Crippen LogP contribution in [0.3, 0.4) is 0 Å². The zero-order chi connectivity index (χ0) is 17.4. The van der Waals surface area contributed by atoms with Gasteiger partial charge in [-0.3, -0.25) is 4.58 Å². The Morgan fingerprint density at radius 1 is 1.28 bits per heavy atom. The zero-order valence-electron chi connectivity index (χ0n) is 13.9. The lowest BCUT2D eigenvalue weighted by Crippen LogP contribution is -2.38. The lowest BCUT2D eigenvalue weighted by Gasteiger charge is -2.16. The van der Waals surface area contributed by atoms with Gasteiger partial charge >= 0.3 is 5.84 Å². The number of nitrogens with one attached hydrogen (secondary N) is 2. The molecule has 0 spiro atoms. The van der Waals surface area contributed by atoms with E-state index in [9.17, 15) is 5.11 Å². The second-order valence-electron chi connectivity index (χ2n) is 6.18. The van der Waals surface area contributed by atoms with Gasteiger partial charge < -0.3 is 19.8 Å². The number of hydrogen-bond donors (Lipinski definition) is 3. The van der Waals surface area contributed by atoms with Crippen molar-refractivity contribution in [2.45, 2.75) is 6.92 Å². The quantitative estimate of drug-likeness (QED) is 0.528. The fraction of sp³-hybridized carbons (Fsp3) is 0.278. The Morgan fingerprint density at radius 2 is 2.08 bits per heavy atom. The van der Waals surface area contributed by atoms with E-state index in [0.717, 1.165) is 35.1 Å². The number of fused-ring (bicyclic) bond motifs is 1. The molecule has 2 aliphatic rings. The molecule has 1 fully saturated rings. The van der Waals surface area contributed by atoms with Crippen LogP contribution >= 0.6 is 12.2 Å². The Hall–Kier alpha value is -2.51. The summed E-state index contributed by atoms with van der Waals surface area (Å²) in [6.45, 7) is 5.02. The van der Waals surface area contributed by atoms with Gasteiger partial charge in [0.15, 0.2) is 10.1 Å². The van der Waals surface area contributed by atoms with Crippen LogP contribution in [0.4, 0.5) is 0 Å². The molecule has 0 saturated carbocycles. The smallest absolute Gasteiger partial charge is 0.326 e. The standard InChI is InChI=1S/C18H18N4O2S/c1-11-2-3-14-12(8-11)9-13(10-15-17(23)21-18(25)20-15)16(19-14)22-4-6-24-7-5-22/h2-3,8-10H,4-7H2,1H3,(H2,20,21,23,25)/p+1. The van der Waals surface area contributed by atoms with Crippen LogP contribution in [-0.2, 0) is 4.74 Å². The predicted octanol–water partition coefficient (Wildman–Crippen LogP) is 1.02. The van der Waals surface area contributed by atoms with E-state index in [1.54, 1.807) is 0 Å². The van der Waals surface area contributed by atoms with E-state index in [1.165, 1.54) is 5.56 Å². The first kappa shape index (κ1) is 16.0. The van der Waals surface area contributed by atoms with Crippen molar-refractivity contribution >= 4 is 30.2 Å². The maximum atomic E-state index is 10.0. The molecule has 0 amide bonds. The highest BCUT2D eigenvalue weighted by atomic mass is 32.1. The number of aryl methyl sites for hydroxylation is 1. The number of H-pyrrole nitrogens is 2. The van der Waals surface area contributed by atoms with E-state index in [1.807, 2.05) is 12.1 Å². The van der Waals surface area contributed by atoms with Gasteiger partial charge in [0.25, 0.3) is 0 Å². The Balaban J connectivity index is 1.94. The summed E-state index contributed by atoms with van der Waals surface area (Å²) in [5.74, 6) is 0.918. The van der Waals surface area contributed by atoms with Crippen LogP contribution in [0.5, 0.6) is 5.88 Å². The van der Waals surface area contributed by atoms with Crippen molar-refractivity contribution in [3.63, 3.8) is 0 Å². The first-order valence-corrected chi connectivity index (χ1v) is 8.61. The van der Waals surface area contributed by atoms with Crippen molar-refractivity contribution in [2.75, 3.05) is 26.3 Å². The van der Waals surface area contributed by atoms with Gasteiger partial charge in [0.05, 0.1) is 18.8 Å². The molecule has 3 heterocycles. The monoisotopic (exact) mass is 355 g/mol. The molecule has 2 aromatic rings. The summed E-state index contributed by atoms with van der Waals surface area (Å²) >= 11 is 5.06. The minimum atomic E-state index is 0.0299. The molecule has 4 rings (SSSR count). The number of imidazole rings is 1. The largest absolute Gasteiger partial charge is 0.493 e. The van der Waals surface area contributed by atoms with Crippen molar-refractivity contribution in [1.29, 1.82) is 0 Å². The van der Waals surface area contributed by atoms with E-state index in [-0.39, 0.29) is 5.88 Å². The van der Waals surface area contributed by atoms with Crippen molar-refractivity contribution in [3.8, 4) is 5.88 Å².